The van der Waals surface area contributed by atoms with Gasteiger partial charge >= 0.3 is 5.97 Å². The number of carbonyl (C=O) groups excluding carboxylic acids is 2. The lowest BCUT2D eigenvalue weighted by atomic mass is 10.1. The number of aryl methyl sites for hydroxylation is 1. The zero-order chi connectivity index (χ0) is 15.8. The summed E-state index contributed by atoms with van der Waals surface area (Å²) < 4.78 is 9.95. The number of hydrogen-bond donors (Lipinski definition) is 1. The molecule has 1 atom stereocenters. The third-order valence-corrected chi connectivity index (χ3v) is 3.28. The number of carbonyl (C=O) groups is 2. The molecule has 0 fully saturated rings. The van der Waals surface area contributed by atoms with E-state index in [4.69, 9.17) is 9.15 Å². The van der Waals surface area contributed by atoms with E-state index < -0.39 is 12.0 Å². The summed E-state index contributed by atoms with van der Waals surface area (Å²) in [5.74, 6) is 0.0887. The van der Waals surface area contributed by atoms with Crippen LogP contribution in [0.2, 0.25) is 0 Å². The van der Waals surface area contributed by atoms with Gasteiger partial charge in [-0.15, -0.1) is 0 Å². The van der Waals surface area contributed by atoms with Crippen LogP contribution < -0.4 is 5.32 Å². The van der Waals surface area contributed by atoms with E-state index in [9.17, 15) is 9.59 Å². The van der Waals surface area contributed by atoms with Crippen LogP contribution in [-0.4, -0.2) is 25.0 Å². The van der Waals surface area contributed by atoms with Gasteiger partial charge in [0, 0.05) is 19.3 Å². The first-order valence-corrected chi connectivity index (χ1v) is 7.12. The maximum atomic E-state index is 12.0. The normalized spacial score (nSPS) is 11.7. The molecule has 2 rings (SSSR count). The van der Waals surface area contributed by atoms with Gasteiger partial charge in [-0.3, -0.25) is 4.79 Å². The Kier molecular flexibility index (Phi) is 5.77. The Morgan fingerprint density at radius 1 is 1.18 bits per heavy atom. The molecule has 1 aromatic heterocycles. The van der Waals surface area contributed by atoms with E-state index in [0.717, 1.165) is 11.3 Å². The highest BCUT2D eigenvalue weighted by atomic mass is 16.5. The Morgan fingerprint density at radius 3 is 2.59 bits per heavy atom. The van der Waals surface area contributed by atoms with E-state index in [2.05, 4.69) is 5.32 Å². The summed E-state index contributed by atoms with van der Waals surface area (Å²) >= 11 is 0. The van der Waals surface area contributed by atoms with Crippen LogP contribution in [0.4, 0.5) is 0 Å². The Hall–Kier alpha value is -2.56. The molecule has 0 radical (unpaired) electrons. The van der Waals surface area contributed by atoms with Crippen molar-refractivity contribution in [2.24, 2.45) is 0 Å². The number of nitrogens with one attached hydrogen (secondary N) is 1. The third kappa shape index (κ3) is 4.77. The summed E-state index contributed by atoms with van der Waals surface area (Å²) in [4.78, 5) is 23.8. The van der Waals surface area contributed by atoms with Crippen LogP contribution in [0.3, 0.4) is 0 Å². The number of hydrogen-bond acceptors (Lipinski definition) is 4. The second-order valence-electron chi connectivity index (χ2n) is 4.91. The minimum atomic E-state index is -0.684. The van der Waals surface area contributed by atoms with Crippen LogP contribution in [-0.2, 0) is 27.2 Å². The second-order valence-corrected chi connectivity index (χ2v) is 4.91. The summed E-state index contributed by atoms with van der Waals surface area (Å²) in [5, 5.41) is 2.72. The molecular formula is C17H19NO4. The van der Waals surface area contributed by atoms with Crippen LogP contribution in [0.15, 0.2) is 53.1 Å². The van der Waals surface area contributed by atoms with E-state index >= 15 is 0 Å². The minimum Gasteiger partial charge on any atom is -0.469 e. The first kappa shape index (κ1) is 15.8. The number of rotatable bonds is 7. The van der Waals surface area contributed by atoms with Gasteiger partial charge in [0.25, 0.3) is 0 Å². The van der Waals surface area contributed by atoms with E-state index in [0.29, 0.717) is 12.8 Å². The first-order chi connectivity index (χ1) is 10.7. The molecule has 0 unspecified atom stereocenters. The van der Waals surface area contributed by atoms with Crippen LogP contribution in [0, 0.1) is 0 Å². The molecule has 0 aliphatic heterocycles. The zero-order valence-electron chi connectivity index (χ0n) is 12.5. The standard InChI is InChI=1S/C17H19NO4/c1-21-17(20)15(12-13-6-3-2-4-7-13)18-16(19)10-9-14-8-5-11-22-14/h2-8,11,15H,9-10,12H2,1H3,(H,18,19)/t15-/m0/s1. The molecule has 5 nitrogen and oxygen atoms in total. The molecule has 116 valence electrons. The molecule has 5 heteroatoms. The molecule has 22 heavy (non-hydrogen) atoms. The summed E-state index contributed by atoms with van der Waals surface area (Å²) in [7, 11) is 1.31. The lowest BCUT2D eigenvalue weighted by molar-refractivity contribution is -0.145. The average molecular weight is 301 g/mol. The smallest absolute Gasteiger partial charge is 0.328 e. The Balaban J connectivity index is 1.91. The molecular weight excluding hydrogens is 282 g/mol. The number of furan rings is 1. The van der Waals surface area contributed by atoms with Gasteiger partial charge in [-0.1, -0.05) is 30.3 Å². The Morgan fingerprint density at radius 2 is 1.95 bits per heavy atom. The van der Waals surface area contributed by atoms with E-state index in [1.165, 1.54) is 7.11 Å². The molecule has 0 aliphatic carbocycles. The molecule has 0 bridgehead atoms. The van der Waals surface area contributed by atoms with Crippen molar-refractivity contribution in [3.05, 3.63) is 60.1 Å². The van der Waals surface area contributed by atoms with Crippen molar-refractivity contribution in [3.8, 4) is 0 Å². The van der Waals surface area contributed by atoms with Gasteiger partial charge in [-0.2, -0.15) is 0 Å². The van der Waals surface area contributed by atoms with E-state index in [1.807, 2.05) is 36.4 Å². The molecule has 1 amide bonds. The molecule has 1 N–H and O–H groups in total. The fourth-order valence-electron chi connectivity index (χ4n) is 2.14. The Labute approximate surface area is 129 Å². The molecule has 0 saturated carbocycles. The monoisotopic (exact) mass is 301 g/mol. The summed E-state index contributed by atoms with van der Waals surface area (Å²) in [6.07, 6.45) is 2.73. The highest BCUT2D eigenvalue weighted by molar-refractivity contribution is 5.84. The molecule has 1 aromatic carbocycles. The van der Waals surface area contributed by atoms with Crippen molar-refractivity contribution in [2.45, 2.75) is 25.3 Å². The summed E-state index contributed by atoms with van der Waals surface area (Å²) in [6, 6.07) is 12.4. The highest BCUT2D eigenvalue weighted by Crippen LogP contribution is 2.07. The average Bonchev–Trinajstić information content (AvgIpc) is 3.06. The predicted octanol–water partition coefficient (Wildman–Crippen LogP) is 2.11. The number of ether oxygens (including phenoxy) is 1. The van der Waals surface area contributed by atoms with Crippen molar-refractivity contribution in [2.75, 3.05) is 7.11 Å². The molecule has 2 aromatic rings. The van der Waals surface area contributed by atoms with Crippen LogP contribution in [0.25, 0.3) is 0 Å². The van der Waals surface area contributed by atoms with Gasteiger partial charge < -0.3 is 14.5 Å². The number of esters is 1. The lowest BCUT2D eigenvalue weighted by Gasteiger charge is -2.16. The van der Waals surface area contributed by atoms with Gasteiger partial charge in [0.2, 0.25) is 5.91 Å². The fraction of sp³-hybridized carbons (Fsp3) is 0.294. The maximum absolute atomic E-state index is 12.0. The van der Waals surface area contributed by atoms with Crippen LogP contribution in [0.1, 0.15) is 17.7 Å². The van der Waals surface area contributed by atoms with E-state index in [1.54, 1.807) is 12.3 Å². The summed E-state index contributed by atoms with van der Waals surface area (Å²) in [6.45, 7) is 0. The second kappa shape index (κ2) is 8.02. The fourth-order valence-corrected chi connectivity index (χ4v) is 2.14. The number of amides is 1. The van der Waals surface area contributed by atoms with Gasteiger partial charge in [0.1, 0.15) is 11.8 Å². The zero-order valence-corrected chi connectivity index (χ0v) is 12.5. The lowest BCUT2D eigenvalue weighted by Crippen LogP contribution is -2.43. The molecule has 0 aliphatic rings. The van der Waals surface area contributed by atoms with Gasteiger partial charge in [0.05, 0.1) is 13.4 Å². The largest absolute Gasteiger partial charge is 0.469 e. The third-order valence-electron chi connectivity index (χ3n) is 3.28. The highest BCUT2D eigenvalue weighted by Gasteiger charge is 2.21. The first-order valence-electron chi connectivity index (χ1n) is 7.12. The van der Waals surface area contributed by atoms with Crippen molar-refractivity contribution in [1.82, 2.24) is 5.32 Å². The quantitative estimate of drug-likeness (QED) is 0.795. The van der Waals surface area contributed by atoms with Gasteiger partial charge in [-0.25, -0.2) is 4.79 Å². The molecule has 1 heterocycles. The van der Waals surface area contributed by atoms with Crippen molar-refractivity contribution < 1.29 is 18.7 Å². The number of methoxy groups -OCH3 is 1. The van der Waals surface area contributed by atoms with E-state index in [-0.39, 0.29) is 12.3 Å². The summed E-state index contributed by atoms with van der Waals surface area (Å²) in [5.41, 5.74) is 0.962. The molecule has 0 spiro atoms. The SMILES string of the molecule is COC(=O)[C@H](Cc1ccccc1)NC(=O)CCc1ccco1. The van der Waals surface area contributed by atoms with Crippen molar-refractivity contribution in [1.29, 1.82) is 0 Å². The van der Waals surface area contributed by atoms with Crippen LogP contribution in [0.5, 0.6) is 0 Å². The Bertz CT molecular complexity index is 592. The van der Waals surface area contributed by atoms with Crippen LogP contribution >= 0.6 is 0 Å². The topological polar surface area (TPSA) is 68.5 Å². The maximum Gasteiger partial charge on any atom is 0.328 e. The van der Waals surface area contributed by atoms with Crippen molar-refractivity contribution >= 4 is 11.9 Å². The van der Waals surface area contributed by atoms with Gasteiger partial charge in [-0.05, 0) is 17.7 Å². The predicted molar refractivity (Wildman–Crippen MR) is 81.1 cm³/mol. The van der Waals surface area contributed by atoms with Gasteiger partial charge in [0.15, 0.2) is 0 Å². The number of benzene rings is 1. The minimum absolute atomic E-state index is 0.206. The molecule has 0 saturated heterocycles. The van der Waals surface area contributed by atoms with Crippen molar-refractivity contribution in [3.63, 3.8) is 0 Å².